The molecule has 24 heavy (non-hydrogen) atoms. The summed E-state index contributed by atoms with van der Waals surface area (Å²) in [5.74, 6) is -5.80. The minimum Gasteiger partial charge on any atom is -0.240 e. The van der Waals surface area contributed by atoms with Gasteiger partial charge in [0.15, 0.2) is 18.6 Å². The van der Waals surface area contributed by atoms with Crippen LogP contribution in [0.3, 0.4) is 0 Å². The van der Waals surface area contributed by atoms with Crippen molar-refractivity contribution in [3.8, 4) is 0 Å². The van der Waals surface area contributed by atoms with Gasteiger partial charge in [-0.05, 0) is 6.42 Å². The molecule has 0 amide bonds. The Bertz CT molecular complexity index is 647. The minimum atomic E-state index is -5.90. The molecule has 0 saturated carbocycles. The Balaban J connectivity index is 2.96. The Kier molecular flexibility index (Phi) is 5.81. The van der Waals surface area contributed by atoms with E-state index in [0.717, 1.165) is 12.1 Å². The molecule has 1 aromatic rings. The Morgan fingerprint density at radius 2 is 1.46 bits per heavy atom. The molecule has 0 aliphatic carbocycles. The Labute approximate surface area is 130 Å². The van der Waals surface area contributed by atoms with Crippen molar-refractivity contribution in [1.29, 1.82) is 0 Å². The molecule has 1 unspecified atom stereocenters. The lowest BCUT2D eigenvalue weighted by atomic mass is 10.1. The highest BCUT2D eigenvalue weighted by Crippen LogP contribution is 2.42. The van der Waals surface area contributed by atoms with Crippen LogP contribution in [0.5, 0.6) is 0 Å². The first-order valence-electron chi connectivity index (χ1n) is 6.08. The predicted molar refractivity (Wildman–Crippen MR) is 62.1 cm³/mol. The van der Waals surface area contributed by atoms with E-state index in [9.17, 15) is 43.5 Å². The summed E-state index contributed by atoms with van der Waals surface area (Å²) >= 11 is 0. The quantitative estimate of drug-likeness (QED) is 0.533. The third-order valence-corrected chi connectivity index (χ3v) is 3.80. The first-order chi connectivity index (χ1) is 10.7. The molecule has 0 aliphatic rings. The fraction of sp³-hybridized carbons (Fsp3) is 0.545. The van der Waals surface area contributed by atoms with Gasteiger partial charge >= 0.3 is 28.5 Å². The highest BCUT2D eigenvalue weighted by Gasteiger charge is 2.66. The van der Waals surface area contributed by atoms with Gasteiger partial charge in [0.1, 0.15) is 0 Å². The van der Waals surface area contributed by atoms with E-state index in [4.69, 9.17) is 0 Å². The molecule has 1 rings (SSSR count). The number of aromatic nitrogens is 1. The second kappa shape index (κ2) is 6.78. The van der Waals surface area contributed by atoms with Crippen LogP contribution in [0.15, 0.2) is 30.6 Å². The van der Waals surface area contributed by atoms with Gasteiger partial charge in [0.05, 0.1) is 0 Å². The summed E-state index contributed by atoms with van der Waals surface area (Å²) in [7, 11) is -5.48. The highest BCUT2D eigenvalue weighted by atomic mass is 32.2. The van der Waals surface area contributed by atoms with E-state index >= 15 is 0 Å². The Morgan fingerprint density at radius 1 is 0.958 bits per heavy atom. The first kappa shape index (κ1) is 20.5. The van der Waals surface area contributed by atoms with Gasteiger partial charge in [-0.15, -0.1) is 12.6 Å². The van der Waals surface area contributed by atoms with Crippen molar-refractivity contribution in [2.24, 2.45) is 0 Å². The number of hydrogen-bond acceptors (Lipinski definition) is 3. The summed E-state index contributed by atoms with van der Waals surface area (Å²) in [6, 6.07) is 3.35. The third kappa shape index (κ3) is 5.00. The molecule has 0 N–H and O–H groups in total. The molecular formula is C11H10F8NO3S+. The number of hydrogen-bond donors (Lipinski definition) is 0. The van der Waals surface area contributed by atoms with Gasteiger partial charge in [-0.2, -0.15) is 30.7 Å². The SMILES string of the molecule is O=S(=O)(OC(F)(F)C(F)(F)C(F)CCC(F)(F)F)[n+]1ccccc1. The number of pyridine rings is 1. The van der Waals surface area contributed by atoms with Crippen LogP contribution in [0.4, 0.5) is 35.1 Å². The van der Waals surface area contributed by atoms with Crippen LogP contribution in [0.1, 0.15) is 12.8 Å². The summed E-state index contributed by atoms with van der Waals surface area (Å²) < 4.78 is 128. The number of halogens is 8. The predicted octanol–water partition coefficient (Wildman–Crippen LogP) is 2.99. The lowest BCUT2D eigenvalue weighted by Crippen LogP contribution is -2.55. The fourth-order valence-corrected chi connectivity index (χ4v) is 2.32. The van der Waals surface area contributed by atoms with Crippen LogP contribution in [0.25, 0.3) is 0 Å². The van der Waals surface area contributed by atoms with E-state index in [2.05, 4.69) is 4.18 Å². The van der Waals surface area contributed by atoms with Gasteiger partial charge in [0.25, 0.3) is 0 Å². The van der Waals surface area contributed by atoms with Crippen molar-refractivity contribution in [3.63, 3.8) is 0 Å². The molecule has 4 nitrogen and oxygen atoms in total. The zero-order valence-corrected chi connectivity index (χ0v) is 12.3. The van der Waals surface area contributed by atoms with Gasteiger partial charge in [-0.25, -0.2) is 4.39 Å². The minimum absolute atomic E-state index is 0.0000574. The third-order valence-electron chi connectivity index (χ3n) is 2.62. The lowest BCUT2D eigenvalue weighted by Gasteiger charge is -2.26. The molecule has 13 heteroatoms. The molecule has 1 atom stereocenters. The van der Waals surface area contributed by atoms with Crippen molar-refractivity contribution in [1.82, 2.24) is 0 Å². The zero-order chi connectivity index (χ0) is 18.8. The molecule has 0 aliphatic heterocycles. The van der Waals surface area contributed by atoms with Gasteiger partial charge in [0.2, 0.25) is 0 Å². The van der Waals surface area contributed by atoms with Crippen LogP contribution in [-0.4, -0.2) is 32.8 Å². The largest absolute Gasteiger partial charge is 0.519 e. The smallest absolute Gasteiger partial charge is 0.240 e. The van der Waals surface area contributed by atoms with Gasteiger partial charge < -0.3 is 0 Å². The average molecular weight is 388 g/mol. The van der Waals surface area contributed by atoms with E-state index < -0.39 is 47.5 Å². The molecule has 0 fully saturated rings. The van der Waals surface area contributed by atoms with Crippen molar-refractivity contribution in [3.05, 3.63) is 30.6 Å². The summed E-state index contributed by atoms with van der Waals surface area (Å²) in [6.45, 7) is 0. The topological polar surface area (TPSA) is 47.3 Å². The monoisotopic (exact) mass is 388 g/mol. The van der Waals surface area contributed by atoms with Gasteiger partial charge in [-0.3, -0.25) is 0 Å². The van der Waals surface area contributed by atoms with E-state index in [1.807, 2.05) is 0 Å². The molecule has 0 spiro atoms. The maximum Gasteiger partial charge on any atom is 0.519 e. The van der Waals surface area contributed by atoms with Gasteiger partial charge in [0, 0.05) is 18.6 Å². The Morgan fingerprint density at radius 3 is 1.92 bits per heavy atom. The molecule has 138 valence electrons. The maximum atomic E-state index is 13.4. The number of alkyl halides is 8. The highest BCUT2D eigenvalue weighted by molar-refractivity contribution is 7.80. The average Bonchev–Trinajstić information content (AvgIpc) is 2.43. The molecule has 0 bridgehead atoms. The van der Waals surface area contributed by atoms with E-state index in [1.165, 1.54) is 6.07 Å². The number of rotatable bonds is 7. The van der Waals surface area contributed by atoms with E-state index in [-0.39, 0.29) is 3.97 Å². The maximum absolute atomic E-state index is 13.4. The van der Waals surface area contributed by atoms with Gasteiger partial charge in [-0.1, -0.05) is 10.0 Å². The van der Waals surface area contributed by atoms with Crippen LogP contribution < -0.4 is 3.97 Å². The van der Waals surface area contributed by atoms with Crippen LogP contribution in [0, 0.1) is 0 Å². The second-order valence-electron chi connectivity index (χ2n) is 4.51. The summed E-state index contributed by atoms with van der Waals surface area (Å²) in [6.07, 6.45) is -17.7. The lowest BCUT2D eigenvalue weighted by molar-refractivity contribution is -0.527. The standard InChI is InChI=1S/C11H10F8NO3S/c12-8(4-5-9(13,14)15)10(16,17)11(18,19)23-24(21,22)20-6-2-1-3-7-20/h1-3,6-8H,4-5H2/q+1. The second-order valence-corrected chi connectivity index (χ2v) is 5.95. The van der Waals surface area contributed by atoms with Crippen LogP contribution in [0.2, 0.25) is 0 Å². The molecule has 0 radical (unpaired) electrons. The van der Waals surface area contributed by atoms with Crippen LogP contribution >= 0.6 is 0 Å². The molecule has 0 saturated heterocycles. The molecule has 0 aromatic carbocycles. The summed E-state index contributed by atoms with van der Waals surface area (Å²) in [5, 5.41) is 0. The van der Waals surface area contributed by atoms with Crippen molar-refractivity contribution >= 4 is 10.3 Å². The van der Waals surface area contributed by atoms with Crippen molar-refractivity contribution in [2.45, 2.75) is 37.2 Å². The fourth-order valence-electron chi connectivity index (χ4n) is 1.42. The molecule has 1 heterocycles. The number of nitrogens with zero attached hydrogens (tertiary/aromatic N) is 1. The summed E-state index contributed by atoms with van der Waals surface area (Å²) in [5.41, 5.74) is 0. The van der Waals surface area contributed by atoms with E-state index in [0.29, 0.717) is 12.4 Å². The molecular weight excluding hydrogens is 378 g/mol. The normalized spacial score (nSPS) is 15.3. The van der Waals surface area contributed by atoms with Crippen LogP contribution in [-0.2, 0) is 14.5 Å². The van der Waals surface area contributed by atoms with Crippen molar-refractivity contribution < 1.29 is 51.7 Å². The Hall–Kier alpha value is -1.50. The van der Waals surface area contributed by atoms with E-state index in [1.54, 1.807) is 0 Å². The zero-order valence-electron chi connectivity index (χ0n) is 11.5. The first-order valence-corrected chi connectivity index (χ1v) is 7.44. The summed E-state index contributed by atoms with van der Waals surface area (Å²) in [4.78, 5) is 0. The molecule has 1 aromatic heterocycles. The van der Waals surface area contributed by atoms with Crippen molar-refractivity contribution in [2.75, 3.05) is 0 Å².